The van der Waals surface area contributed by atoms with Gasteiger partial charge in [-0.3, -0.25) is 4.79 Å². The second-order valence-corrected chi connectivity index (χ2v) is 6.00. The van der Waals surface area contributed by atoms with Crippen molar-refractivity contribution in [3.63, 3.8) is 0 Å². The molecule has 1 saturated heterocycles. The van der Waals surface area contributed by atoms with Gasteiger partial charge in [0, 0.05) is 24.8 Å². The smallest absolute Gasteiger partial charge is 0.356 e. The number of amides is 1. The third kappa shape index (κ3) is 3.85. The number of halogens is 2. The fourth-order valence-corrected chi connectivity index (χ4v) is 2.78. The third-order valence-electron chi connectivity index (χ3n) is 3.90. The Balaban J connectivity index is 1.61. The zero-order valence-electron chi connectivity index (χ0n) is 12.9. The Bertz CT molecular complexity index is 816. The lowest BCUT2D eigenvalue weighted by Gasteiger charge is -2.19. The number of carboxylic acids is 1. The molecule has 1 amide bonds. The number of carboxylic acid groups (broad SMARTS) is 1. The lowest BCUT2D eigenvalue weighted by Crippen LogP contribution is -2.37. The van der Waals surface area contributed by atoms with Gasteiger partial charge in [-0.1, -0.05) is 11.6 Å². The number of benzene rings is 1. The Morgan fingerprint density at radius 3 is 2.64 bits per heavy atom. The molecule has 1 aliphatic rings. The van der Waals surface area contributed by atoms with Crippen LogP contribution in [0, 0.1) is 5.82 Å². The number of carbonyl (C=O) groups excluding carboxylic acids is 1. The molecule has 1 atom stereocenters. The molecule has 0 spiro atoms. The molecule has 9 heteroatoms. The van der Waals surface area contributed by atoms with Crippen LogP contribution in [0.15, 0.2) is 30.6 Å². The number of carbonyl (C=O) groups is 2. The van der Waals surface area contributed by atoms with Crippen molar-refractivity contribution in [2.75, 3.05) is 18.0 Å². The van der Waals surface area contributed by atoms with Gasteiger partial charge in [0.2, 0.25) is 0 Å². The topological polar surface area (TPSA) is 95.4 Å². The molecule has 0 bridgehead atoms. The number of hydrogen-bond donors (Lipinski definition) is 2. The Morgan fingerprint density at radius 2 is 2.00 bits per heavy atom. The summed E-state index contributed by atoms with van der Waals surface area (Å²) < 4.78 is 13.2. The van der Waals surface area contributed by atoms with Crippen molar-refractivity contribution in [2.24, 2.45) is 0 Å². The fraction of sp³-hybridized carbons (Fsp3) is 0.250. The highest BCUT2D eigenvalue weighted by molar-refractivity contribution is 6.31. The van der Waals surface area contributed by atoms with E-state index in [1.165, 1.54) is 6.07 Å². The Labute approximate surface area is 147 Å². The SMILES string of the molecule is O=C(O)c1cnc(C(=O)NC2CCN(c3ccc(F)c(Cl)c3)C2)cn1. The highest BCUT2D eigenvalue weighted by atomic mass is 35.5. The van der Waals surface area contributed by atoms with Crippen LogP contribution < -0.4 is 10.2 Å². The molecule has 2 heterocycles. The monoisotopic (exact) mass is 364 g/mol. The van der Waals surface area contributed by atoms with Crippen LogP contribution in [0.1, 0.15) is 27.4 Å². The van der Waals surface area contributed by atoms with Gasteiger partial charge in [0.1, 0.15) is 11.5 Å². The number of rotatable bonds is 4. The summed E-state index contributed by atoms with van der Waals surface area (Å²) >= 11 is 5.80. The Kier molecular flexibility index (Phi) is 4.80. The molecule has 1 unspecified atom stereocenters. The van der Waals surface area contributed by atoms with Crippen molar-refractivity contribution in [3.05, 3.63) is 52.8 Å². The van der Waals surface area contributed by atoms with Crippen molar-refractivity contribution in [1.29, 1.82) is 0 Å². The maximum absolute atomic E-state index is 13.2. The average Bonchev–Trinajstić information content (AvgIpc) is 3.06. The summed E-state index contributed by atoms with van der Waals surface area (Å²) in [5.41, 5.74) is 0.610. The largest absolute Gasteiger partial charge is 0.476 e. The van der Waals surface area contributed by atoms with Crippen LogP contribution in [0.5, 0.6) is 0 Å². The van der Waals surface area contributed by atoms with E-state index >= 15 is 0 Å². The van der Waals surface area contributed by atoms with Gasteiger partial charge in [-0.15, -0.1) is 0 Å². The Hall–Kier alpha value is -2.74. The summed E-state index contributed by atoms with van der Waals surface area (Å²) in [6.45, 7) is 1.24. The van der Waals surface area contributed by atoms with Crippen molar-refractivity contribution in [1.82, 2.24) is 15.3 Å². The predicted molar refractivity (Wildman–Crippen MR) is 88.5 cm³/mol. The Morgan fingerprint density at radius 1 is 1.28 bits per heavy atom. The van der Waals surface area contributed by atoms with E-state index in [9.17, 15) is 14.0 Å². The molecule has 0 saturated carbocycles. The van der Waals surface area contributed by atoms with Crippen molar-refractivity contribution < 1.29 is 19.1 Å². The minimum Gasteiger partial charge on any atom is -0.476 e. The van der Waals surface area contributed by atoms with Gasteiger partial charge in [-0.25, -0.2) is 19.2 Å². The molecule has 130 valence electrons. The zero-order valence-corrected chi connectivity index (χ0v) is 13.7. The van der Waals surface area contributed by atoms with E-state index in [1.54, 1.807) is 12.1 Å². The average molecular weight is 365 g/mol. The summed E-state index contributed by atoms with van der Waals surface area (Å²) in [4.78, 5) is 32.4. The van der Waals surface area contributed by atoms with Crippen LogP contribution in [0.3, 0.4) is 0 Å². The number of hydrogen-bond acceptors (Lipinski definition) is 5. The quantitative estimate of drug-likeness (QED) is 0.861. The van der Waals surface area contributed by atoms with Gasteiger partial charge in [0.15, 0.2) is 5.69 Å². The molecule has 25 heavy (non-hydrogen) atoms. The van der Waals surface area contributed by atoms with Crippen LogP contribution in [-0.4, -0.2) is 46.1 Å². The minimum absolute atomic E-state index is 0.0493. The van der Waals surface area contributed by atoms with Crippen LogP contribution >= 0.6 is 11.6 Å². The number of aromatic carboxylic acids is 1. The van der Waals surface area contributed by atoms with Gasteiger partial charge in [-0.05, 0) is 24.6 Å². The summed E-state index contributed by atoms with van der Waals surface area (Å²) in [5, 5.41) is 11.7. The van der Waals surface area contributed by atoms with Gasteiger partial charge < -0.3 is 15.3 Å². The van der Waals surface area contributed by atoms with Crippen LogP contribution in [-0.2, 0) is 0 Å². The van der Waals surface area contributed by atoms with Crippen LogP contribution in [0.4, 0.5) is 10.1 Å². The lowest BCUT2D eigenvalue weighted by molar-refractivity contribution is 0.0689. The molecular weight excluding hydrogens is 351 g/mol. The highest BCUT2D eigenvalue weighted by Gasteiger charge is 2.25. The first-order valence-corrected chi connectivity index (χ1v) is 7.88. The molecule has 2 N–H and O–H groups in total. The molecule has 0 aliphatic carbocycles. The lowest BCUT2D eigenvalue weighted by atomic mass is 10.2. The third-order valence-corrected chi connectivity index (χ3v) is 4.19. The molecule has 1 aliphatic heterocycles. The van der Waals surface area contributed by atoms with Gasteiger partial charge in [0.05, 0.1) is 17.4 Å². The molecule has 1 aromatic heterocycles. The highest BCUT2D eigenvalue weighted by Crippen LogP contribution is 2.25. The number of nitrogens with zero attached hydrogens (tertiary/aromatic N) is 3. The van der Waals surface area contributed by atoms with Crippen LogP contribution in [0.2, 0.25) is 5.02 Å². The van der Waals surface area contributed by atoms with Gasteiger partial charge in [0.25, 0.3) is 5.91 Å². The molecule has 7 nitrogen and oxygen atoms in total. The second kappa shape index (κ2) is 7.02. The molecule has 3 rings (SSSR count). The fourth-order valence-electron chi connectivity index (χ4n) is 2.61. The minimum atomic E-state index is -1.20. The van der Waals surface area contributed by atoms with E-state index in [2.05, 4.69) is 15.3 Å². The zero-order chi connectivity index (χ0) is 18.0. The van der Waals surface area contributed by atoms with Crippen molar-refractivity contribution >= 4 is 29.2 Å². The summed E-state index contributed by atoms with van der Waals surface area (Å²) in [6.07, 6.45) is 2.88. The summed E-state index contributed by atoms with van der Waals surface area (Å²) in [5.74, 6) is -2.10. The van der Waals surface area contributed by atoms with E-state index < -0.39 is 17.7 Å². The van der Waals surface area contributed by atoms with E-state index in [4.69, 9.17) is 16.7 Å². The first-order chi connectivity index (χ1) is 11.9. The predicted octanol–water partition coefficient (Wildman–Crippen LogP) is 1.98. The van der Waals surface area contributed by atoms with Crippen molar-refractivity contribution in [2.45, 2.75) is 12.5 Å². The maximum Gasteiger partial charge on any atom is 0.356 e. The van der Waals surface area contributed by atoms with E-state index in [1.807, 2.05) is 4.90 Å². The maximum atomic E-state index is 13.2. The van der Waals surface area contributed by atoms with Crippen LogP contribution in [0.25, 0.3) is 0 Å². The molecule has 0 radical (unpaired) electrons. The van der Waals surface area contributed by atoms with E-state index in [0.29, 0.717) is 19.5 Å². The van der Waals surface area contributed by atoms with Gasteiger partial charge in [-0.2, -0.15) is 0 Å². The second-order valence-electron chi connectivity index (χ2n) is 5.60. The van der Waals surface area contributed by atoms with E-state index in [-0.39, 0.29) is 22.5 Å². The summed E-state index contributed by atoms with van der Waals surface area (Å²) in [7, 11) is 0. The van der Waals surface area contributed by atoms with Crippen molar-refractivity contribution in [3.8, 4) is 0 Å². The molecular formula is C16H14ClFN4O3. The summed E-state index contributed by atoms with van der Waals surface area (Å²) in [6, 6.07) is 4.39. The standard InChI is InChI=1S/C16H14ClFN4O3/c17-11-5-10(1-2-12(11)18)22-4-3-9(8-22)21-15(23)13-6-20-14(7-19-13)16(24)25/h1-2,5-7,9H,3-4,8H2,(H,21,23)(H,24,25). The van der Waals surface area contributed by atoms with E-state index in [0.717, 1.165) is 18.1 Å². The first-order valence-electron chi connectivity index (χ1n) is 7.50. The first kappa shape index (κ1) is 17.1. The van der Waals surface area contributed by atoms with Gasteiger partial charge >= 0.3 is 5.97 Å². The molecule has 2 aromatic rings. The normalized spacial score (nSPS) is 16.7. The number of anilines is 1. The number of nitrogens with one attached hydrogen (secondary N) is 1. The molecule has 1 aromatic carbocycles. The number of aromatic nitrogens is 2. The molecule has 1 fully saturated rings.